The van der Waals surface area contributed by atoms with Crippen molar-refractivity contribution in [3.05, 3.63) is 58.1 Å². The number of likely N-dealkylation sites (tertiary alicyclic amines) is 1. The van der Waals surface area contributed by atoms with Crippen molar-refractivity contribution in [1.29, 1.82) is 0 Å². The minimum atomic E-state index is -0.373. The number of nitrogens with two attached hydrogens (primary N) is 1. The van der Waals surface area contributed by atoms with Crippen LogP contribution in [0, 0.1) is 0 Å². The summed E-state index contributed by atoms with van der Waals surface area (Å²) in [6.07, 6.45) is 1.67. The van der Waals surface area contributed by atoms with Crippen LogP contribution in [0.3, 0.4) is 0 Å². The molecule has 2 aromatic carbocycles. The second-order valence-electron chi connectivity index (χ2n) is 7.36. The Bertz CT molecular complexity index is 917. The van der Waals surface area contributed by atoms with Crippen LogP contribution in [0.5, 0.6) is 11.5 Å². The van der Waals surface area contributed by atoms with Crippen molar-refractivity contribution >= 4 is 23.4 Å². The van der Waals surface area contributed by atoms with Crippen molar-refractivity contribution in [2.45, 2.75) is 25.4 Å². The van der Waals surface area contributed by atoms with Gasteiger partial charge in [-0.05, 0) is 37.1 Å². The van der Waals surface area contributed by atoms with Crippen LogP contribution in [0.15, 0.2) is 36.4 Å². The summed E-state index contributed by atoms with van der Waals surface area (Å²) in [6, 6.07) is 10.2. The lowest BCUT2D eigenvalue weighted by Gasteiger charge is -2.26. The molecule has 0 aliphatic carbocycles. The van der Waals surface area contributed by atoms with E-state index in [9.17, 15) is 19.8 Å². The standard InChI is InChI=1S/C21H24ClN3O4/c1-24(12-20(23)28)11-13-4-6-14(7-5-13)17-3-2-8-25(17)21(29)15-9-16(22)19(27)10-18(15)26/h4-7,9-10,17,26-27H,2-3,8,11-12H2,1H3,(H2,23,28). The van der Waals surface area contributed by atoms with E-state index in [0.29, 0.717) is 13.1 Å². The highest BCUT2D eigenvalue weighted by molar-refractivity contribution is 6.32. The summed E-state index contributed by atoms with van der Waals surface area (Å²) in [5.41, 5.74) is 7.33. The number of phenolic OH excluding ortho intramolecular Hbond substituents is 2. The molecule has 0 radical (unpaired) electrons. The number of carbonyl (C=O) groups is 2. The number of benzene rings is 2. The van der Waals surface area contributed by atoms with E-state index in [0.717, 1.165) is 30.0 Å². The number of rotatable bonds is 6. The quantitative estimate of drug-likeness (QED) is 0.669. The zero-order valence-electron chi connectivity index (χ0n) is 16.1. The van der Waals surface area contributed by atoms with E-state index in [4.69, 9.17) is 17.3 Å². The maximum absolute atomic E-state index is 13.0. The lowest BCUT2D eigenvalue weighted by atomic mass is 10.0. The van der Waals surface area contributed by atoms with Crippen molar-refractivity contribution < 1.29 is 19.8 Å². The zero-order valence-corrected chi connectivity index (χ0v) is 16.9. The predicted octanol–water partition coefficient (Wildman–Crippen LogP) is 2.65. The average Bonchev–Trinajstić information content (AvgIpc) is 3.14. The number of primary amides is 1. The van der Waals surface area contributed by atoms with Crippen LogP contribution in [0.25, 0.3) is 0 Å². The largest absolute Gasteiger partial charge is 0.507 e. The number of likely N-dealkylation sites (N-methyl/N-ethyl adjacent to an activating group) is 1. The van der Waals surface area contributed by atoms with Crippen LogP contribution in [-0.4, -0.2) is 52.0 Å². The smallest absolute Gasteiger partial charge is 0.258 e. The molecule has 1 aliphatic rings. The predicted molar refractivity (Wildman–Crippen MR) is 110 cm³/mol. The molecule has 2 aromatic rings. The van der Waals surface area contributed by atoms with E-state index in [1.165, 1.54) is 6.07 Å². The van der Waals surface area contributed by atoms with Gasteiger partial charge in [0.1, 0.15) is 11.5 Å². The molecule has 2 amide bonds. The molecule has 1 unspecified atom stereocenters. The van der Waals surface area contributed by atoms with Crippen molar-refractivity contribution in [3.63, 3.8) is 0 Å². The summed E-state index contributed by atoms with van der Waals surface area (Å²) in [7, 11) is 1.82. The number of hydrogen-bond acceptors (Lipinski definition) is 5. The molecule has 1 aliphatic heterocycles. The third kappa shape index (κ3) is 4.81. The fourth-order valence-electron chi connectivity index (χ4n) is 3.71. The summed E-state index contributed by atoms with van der Waals surface area (Å²) >= 11 is 5.92. The molecule has 3 rings (SSSR count). The molecule has 154 valence electrons. The first-order valence-electron chi connectivity index (χ1n) is 9.34. The Morgan fingerprint density at radius 3 is 2.55 bits per heavy atom. The van der Waals surface area contributed by atoms with Gasteiger partial charge in [-0.25, -0.2) is 0 Å². The molecule has 0 aromatic heterocycles. The van der Waals surface area contributed by atoms with Crippen LogP contribution >= 0.6 is 11.6 Å². The number of nitrogens with zero attached hydrogens (tertiary/aromatic N) is 2. The molecule has 4 N–H and O–H groups in total. The SMILES string of the molecule is CN(CC(N)=O)Cc1ccc(C2CCCN2C(=O)c2cc(Cl)c(O)cc2O)cc1. The maximum atomic E-state index is 13.0. The highest BCUT2D eigenvalue weighted by atomic mass is 35.5. The van der Waals surface area contributed by atoms with Gasteiger partial charge in [0.2, 0.25) is 5.91 Å². The second-order valence-corrected chi connectivity index (χ2v) is 7.76. The van der Waals surface area contributed by atoms with Gasteiger partial charge in [-0.1, -0.05) is 35.9 Å². The molecular weight excluding hydrogens is 394 g/mol. The van der Waals surface area contributed by atoms with Crippen molar-refractivity contribution in [3.8, 4) is 11.5 Å². The molecule has 1 heterocycles. The van der Waals surface area contributed by atoms with E-state index < -0.39 is 0 Å². The van der Waals surface area contributed by atoms with Crippen molar-refractivity contribution in [2.24, 2.45) is 5.73 Å². The topological polar surface area (TPSA) is 107 Å². The van der Waals surface area contributed by atoms with Gasteiger partial charge in [-0.2, -0.15) is 0 Å². The molecule has 1 saturated heterocycles. The van der Waals surface area contributed by atoms with Crippen LogP contribution in [-0.2, 0) is 11.3 Å². The van der Waals surface area contributed by atoms with Crippen LogP contribution < -0.4 is 5.73 Å². The van der Waals surface area contributed by atoms with E-state index in [-0.39, 0.29) is 46.5 Å². The normalized spacial score (nSPS) is 16.4. The van der Waals surface area contributed by atoms with Gasteiger partial charge in [0, 0.05) is 19.2 Å². The summed E-state index contributed by atoms with van der Waals surface area (Å²) in [6.45, 7) is 1.35. The summed E-state index contributed by atoms with van der Waals surface area (Å²) in [4.78, 5) is 27.6. The van der Waals surface area contributed by atoms with Crippen LogP contribution in [0.2, 0.25) is 5.02 Å². The highest BCUT2D eigenvalue weighted by Gasteiger charge is 2.32. The second kappa shape index (κ2) is 8.71. The first-order valence-corrected chi connectivity index (χ1v) is 9.72. The van der Waals surface area contributed by atoms with Gasteiger partial charge < -0.3 is 20.8 Å². The third-order valence-corrected chi connectivity index (χ3v) is 5.35. The number of carbonyl (C=O) groups excluding carboxylic acids is 2. The fourth-order valence-corrected chi connectivity index (χ4v) is 3.88. The third-order valence-electron chi connectivity index (χ3n) is 5.05. The Morgan fingerprint density at radius 2 is 1.90 bits per heavy atom. The Hall–Kier alpha value is -2.77. The van der Waals surface area contributed by atoms with E-state index in [1.807, 2.05) is 36.2 Å². The molecule has 29 heavy (non-hydrogen) atoms. The number of hydrogen-bond donors (Lipinski definition) is 3. The number of amides is 2. The minimum Gasteiger partial charge on any atom is -0.507 e. The Morgan fingerprint density at radius 1 is 1.21 bits per heavy atom. The molecule has 0 bridgehead atoms. The molecule has 7 nitrogen and oxygen atoms in total. The molecule has 0 spiro atoms. The molecule has 1 atom stereocenters. The molecular formula is C21H24ClN3O4. The minimum absolute atomic E-state index is 0.0198. The number of aromatic hydroxyl groups is 2. The summed E-state index contributed by atoms with van der Waals surface area (Å²) < 4.78 is 0. The van der Waals surface area contributed by atoms with Gasteiger partial charge in [0.15, 0.2) is 0 Å². The average molecular weight is 418 g/mol. The number of halogens is 1. The zero-order chi connectivity index (χ0) is 21.1. The van der Waals surface area contributed by atoms with Gasteiger partial charge in [-0.3, -0.25) is 14.5 Å². The van der Waals surface area contributed by atoms with Gasteiger partial charge in [0.25, 0.3) is 5.91 Å². The molecule has 0 saturated carbocycles. The van der Waals surface area contributed by atoms with Crippen LogP contribution in [0.4, 0.5) is 0 Å². The van der Waals surface area contributed by atoms with E-state index in [1.54, 1.807) is 4.90 Å². The van der Waals surface area contributed by atoms with Crippen molar-refractivity contribution in [2.75, 3.05) is 20.1 Å². The molecule has 8 heteroatoms. The van der Waals surface area contributed by atoms with Crippen molar-refractivity contribution in [1.82, 2.24) is 9.80 Å². The summed E-state index contributed by atoms with van der Waals surface area (Å²) in [5, 5.41) is 19.7. The van der Waals surface area contributed by atoms with Crippen LogP contribution in [0.1, 0.15) is 40.4 Å². The summed E-state index contributed by atoms with van der Waals surface area (Å²) in [5.74, 6) is -1.26. The molecule has 1 fully saturated rings. The Kier molecular flexibility index (Phi) is 6.30. The first-order chi connectivity index (χ1) is 13.8. The fraction of sp³-hybridized carbons (Fsp3) is 0.333. The Balaban J connectivity index is 1.76. The lowest BCUT2D eigenvalue weighted by molar-refractivity contribution is -0.118. The Labute approximate surface area is 174 Å². The maximum Gasteiger partial charge on any atom is 0.258 e. The number of phenols is 2. The first kappa shape index (κ1) is 21.0. The lowest BCUT2D eigenvalue weighted by Crippen LogP contribution is -2.31. The van der Waals surface area contributed by atoms with Gasteiger partial charge >= 0.3 is 0 Å². The van der Waals surface area contributed by atoms with Gasteiger partial charge in [-0.15, -0.1) is 0 Å². The van der Waals surface area contributed by atoms with E-state index in [2.05, 4.69) is 0 Å². The van der Waals surface area contributed by atoms with E-state index >= 15 is 0 Å². The highest BCUT2D eigenvalue weighted by Crippen LogP contribution is 2.37. The monoisotopic (exact) mass is 417 g/mol. The van der Waals surface area contributed by atoms with Gasteiger partial charge in [0.05, 0.1) is 23.2 Å².